The Bertz CT molecular complexity index is 1400. The first kappa shape index (κ1) is 22.6. The summed E-state index contributed by atoms with van der Waals surface area (Å²) in [5.74, 6) is 0.654. The molecule has 0 N–H and O–H groups in total. The molecule has 0 unspecified atom stereocenters. The number of aliphatic imine (C=N–C) groups is 1. The molecule has 0 amide bonds. The third-order valence-electron chi connectivity index (χ3n) is 7.20. The third-order valence-corrected chi connectivity index (χ3v) is 8.36. The van der Waals surface area contributed by atoms with Gasteiger partial charge in [-0.3, -0.25) is 0 Å². The van der Waals surface area contributed by atoms with Crippen LogP contribution in [0.3, 0.4) is 0 Å². The van der Waals surface area contributed by atoms with Gasteiger partial charge in [0, 0.05) is 40.3 Å². The van der Waals surface area contributed by atoms with E-state index in [1.807, 2.05) is 6.21 Å². The second-order valence-corrected chi connectivity index (χ2v) is 11.7. The minimum absolute atomic E-state index is 0.289. The van der Waals surface area contributed by atoms with Crippen molar-refractivity contribution >= 4 is 33.5 Å². The molecular formula is C30H31N3S. The fourth-order valence-electron chi connectivity index (χ4n) is 5.04. The summed E-state index contributed by atoms with van der Waals surface area (Å²) in [4.78, 5) is 6.24. The number of hydrogen-bond donors (Lipinski definition) is 0. The van der Waals surface area contributed by atoms with E-state index >= 15 is 0 Å². The van der Waals surface area contributed by atoms with Crippen LogP contribution in [-0.2, 0) is 19.4 Å². The molecule has 0 bridgehead atoms. The van der Waals surface area contributed by atoms with Crippen molar-refractivity contribution in [1.29, 1.82) is 5.26 Å². The fourth-order valence-corrected chi connectivity index (χ4v) is 6.27. The second kappa shape index (κ2) is 8.89. The molecule has 1 atom stereocenters. The normalized spacial score (nSPS) is 16.1. The minimum Gasteiger partial charge on any atom is -0.342 e. The molecule has 3 nitrogen and oxygen atoms in total. The number of aryl methyl sites for hydroxylation is 1. The molecule has 0 spiro atoms. The number of fused-ring (bicyclic) bond motifs is 2. The Hall–Kier alpha value is -3.16. The molecule has 34 heavy (non-hydrogen) atoms. The molecule has 0 aliphatic heterocycles. The third kappa shape index (κ3) is 4.33. The van der Waals surface area contributed by atoms with E-state index < -0.39 is 0 Å². The zero-order valence-electron chi connectivity index (χ0n) is 20.4. The first-order valence-corrected chi connectivity index (χ1v) is 12.9. The number of nitrogens with zero attached hydrogens (tertiary/aromatic N) is 3. The molecular weight excluding hydrogens is 434 g/mol. The second-order valence-electron chi connectivity index (χ2n) is 10.6. The maximum atomic E-state index is 9.92. The number of para-hydroxylation sites is 1. The van der Waals surface area contributed by atoms with Gasteiger partial charge in [-0.25, -0.2) is 4.99 Å². The van der Waals surface area contributed by atoms with Crippen molar-refractivity contribution in [2.75, 3.05) is 0 Å². The molecule has 5 rings (SSSR count). The summed E-state index contributed by atoms with van der Waals surface area (Å²) in [6, 6.07) is 19.7. The molecule has 2 aromatic carbocycles. The summed E-state index contributed by atoms with van der Waals surface area (Å²) in [7, 11) is 0. The molecule has 4 aromatic rings. The molecule has 0 saturated carbocycles. The first-order valence-electron chi connectivity index (χ1n) is 12.1. The first-order chi connectivity index (χ1) is 16.3. The summed E-state index contributed by atoms with van der Waals surface area (Å²) in [5, 5.41) is 12.0. The molecule has 2 aromatic heterocycles. The number of benzene rings is 2. The Kier molecular flexibility index (Phi) is 5.91. The Morgan fingerprint density at radius 2 is 1.91 bits per heavy atom. The van der Waals surface area contributed by atoms with Gasteiger partial charge in [-0.2, -0.15) is 5.26 Å². The molecule has 2 heterocycles. The average molecular weight is 466 g/mol. The number of rotatable bonds is 4. The van der Waals surface area contributed by atoms with Crippen LogP contribution in [0.15, 0.2) is 59.7 Å². The monoisotopic (exact) mass is 465 g/mol. The molecule has 1 aliphatic rings. The Morgan fingerprint density at radius 3 is 2.65 bits per heavy atom. The highest BCUT2D eigenvalue weighted by atomic mass is 32.1. The van der Waals surface area contributed by atoms with Crippen molar-refractivity contribution in [3.63, 3.8) is 0 Å². The van der Waals surface area contributed by atoms with Crippen molar-refractivity contribution in [3.05, 3.63) is 87.4 Å². The lowest BCUT2D eigenvalue weighted by Crippen LogP contribution is -2.26. The topological polar surface area (TPSA) is 41.1 Å². The van der Waals surface area contributed by atoms with E-state index in [1.54, 1.807) is 11.3 Å². The van der Waals surface area contributed by atoms with Gasteiger partial charge in [-0.15, -0.1) is 11.3 Å². The largest absolute Gasteiger partial charge is 0.342 e. The van der Waals surface area contributed by atoms with Gasteiger partial charge in [0.05, 0.1) is 5.56 Å². The van der Waals surface area contributed by atoms with Crippen LogP contribution in [-0.4, -0.2) is 10.8 Å². The highest BCUT2D eigenvalue weighted by molar-refractivity contribution is 7.16. The zero-order chi connectivity index (χ0) is 23.9. The quantitative estimate of drug-likeness (QED) is 0.283. The average Bonchev–Trinajstić information content (AvgIpc) is 3.35. The number of thiophene rings is 1. The predicted octanol–water partition coefficient (Wildman–Crippen LogP) is 7.83. The van der Waals surface area contributed by atoms with Gasteiger partial charge in [0.15, 0.2) is 0 Å². The lowest BCUT2D eigenvalue weighted by atomic mass is 9.72. The lowest BCUT2D eigenvalue weighted by Gasteiger charge is -2.33. The smallest absolute Gasteiger partial charge is 0.134 e. The summed E-state index contributed by atoms with van der Waals surface area (Å²) >= 11 is 1.71. The van der Waals surface area contributed by atoms with Gasteiger partial charge in [0.25, 0.3) is 0 Å². The van der Waals surface area contributed by atoms with Crippen LogP contribution in [0.4, 0.5) is 5.00 Å². The predicted molar refractivity (Wildman–Crippen MR) is 143 cm³/mol. The maximum Gasteiger partial charge on any atom is 0.134 e. The molecule has 172 valence electrons. The van der Waals surface area contributed by atoms with Crippen LogP contribution < -0.4 is 0 Å². The van der Waals surface area contributed by atoms with Crippen LogP contribution in [0.25, 0.3) is 10.9 Å². The molecule has 0 radical (unpaired) electrons. The lowest BCUT2D eigenvalue weighted by molar-refractivity contribution is 0.218. The van der Waals surface area contributed by atoms with Crippen molar-refractivity contribution in [2.24, 2.45) is 16.3 Å². The van der Waals surface area contributed by atoms with Crippen LogP contribution in [0, 0.1) is 29.6 Å². The molecule has 0 saturated heterocycles. The molecule has 1 aliphatic carbocycles. The Labute approximate surface area is 206 Å². The SMILES string of the molecule is Cc1ccc(Cn2cc(C=Nc3sc4c(c3C#N)CC[C@H](C(C)(C)C)C4)c3ccccc32)cc1. The zero-order valence-corrected chi connectivity index (χ0v) is 21.2. The van der Waals surface area contributed by atoms with Crippen LogP contribution in [0.5, 0.6) is 0 Å². The maximum absolute atomic E-state index is 9.92. The van der Waals surface area contributed by atoms with E-state index in [0.717, 1.165) is 41.9 Å². The highest BCUT2D eigenvalue weighted by Gasteiger charge is 2.32. The summed E-state index contributed by atoms with van der Waals surface area (Å²) in [6.07, 6.45) is 7.33. The van der Waals surface area contributed by atoms with E-state index in [-0.39, 0.29) is 5.41 Å². The number of aromatic nitrogens is 1. The van der Waals surface area contributed by atoms with Crippen molar-refractivity contribution in [3.8, 4) is 6.07 Å². The van der Waals surface area contributed by atoms with Gasteiger partial charge in [-0.1, -0.05) is 68.8 Å². The van der Waals surface area contributed by atoms with Crippen LogP contribution >= 0.6 is 11.3 Å². The van der Waals surface area contributed by atoms with E-state index in [0.29, 0.717) is 5.92 Å². The fraction of sp³-hybridized carbons (Fsp3) is 0.333. The van der Waals surface area contributed by atoms with Crippen molar-refractivity contribution in [2.45, 2.75) is 53.5 Å². The van der Waals surface area contributed by atoms with Crippen molar-refractivity contribution < 1.29 is 0 Å². The number of nitriles is 1. The summed E-state index contributed by atoms with van der Waals surface area (Å²) in [6.45, 7) is 9.91. The highest BCUT2D eigenvalue weighted by Crippen LogP contribution is 2.45. The minimum atomic E-state index is 0.289. The number of hydrogen-bond acceptors (Lipinski definition) is 3. The van der Waals surface area contributed by atoms with Crippen LogP contribution in [0.1, 0.15) is 59.9 Å². The van der Waals surface area contributed by atoms with Gasteiger partial charge < -0.3 is 4.57 Å². The van der Waals surface area contributed by atoms with E-state index in [1.165, 1.54) is 32.5 Å². The summed E-state index contributed by atoms with van der Waals surface area (Å²) in [5.41, 5.74) is 7.15. The van der Waals surface area contributed by atoms with Gasteiger partial charge in [0.1, 0.15) is 11.1 Å². The molecule has 0 fully saturated rings. The standard InChI is InChI=1S/C30H31N3S/c1-20-9-11-21(12-10-20)18-33-19-22(24-7-5-6-8-27(24)33)17-32-29-26(16-31)25-14-13-23(30(2,3)4)15-28(25)34-29/h5-12,17,19,23H,13-15,18H2,1-4H3/t23-/m0/s1. The van der Waals surface area contributed by atoms with Gasteiger partial charge in [0.2, 0.25) is 0 Å². The van der Waals surface area contributed by atoms with E-state index in [4.69, 9.17) is 4.99 Å². The van der Waals surface area contributed by atoms with Gasteiger partial charge in [-0.05, 0) is 54.7 Å². The summed E-state index contributed by atoms with van der Waals surface area (Å²) < 4.78 is 2.29. The van der Waals surface area contributed by atoms with E-state index in [9.17, 15) is 5.26 Å². The Balaban J connectivity index is 1.48. The van der Waals surface area contributed by atoms with Crippen LogP contribution in [0.2, 0.25) is 0 Å². The Morgan fingerprint density at radius 1 is 1.15 bits per heavy atom. The van der Waals surface area contributed by atoms with Gasteiger partial charge >= 0.3 is 0 Å². The van der Waals surface area contributed by atoms with E-state index in [2.05, 4.69) is 93.1 Å². The molecule has 4 heteroatoms. The van der Waals surface area contributed by atoms with Crippen molar-refractivity contribution in [1.82, 2.24) is 4.57 Å².